The van der Waals surface area contributed by atoms with Gasteiger partial charge in [-0.25, -0.2) is 0 Å². The molecule has 1 aromatic carbocycles. The van der Waals surface area contributed by atoms with Gasteiger partial charge in [-0.3, -0.25) is 0 Å². The Bertz CT molecular complexity index is 361. The van der Waals surface area contributed by atoms with E-state index < -0.39 is 8.07 Å². The molecule has 1 rings (SSSR count). The Labute approximate surface area is 113 Å². The number of hydrogen-bond acceptors (Lipinski definition) is 2. The molecule has 0 aliphatic rings. The number of rotatable bonds is 6. The fourth-order valence-electron chi connectivity index (χ4n) is 1.27. The SMILES string of the molecule is Cc1cccc(OCOCC[Si](C)(C)C)c1Br. The van der Waals surface area contributed by atoms with Crippen LogP contribution in [0.15, 0.2) is 22.7 Å². The highest BCUT2D eigenvalue weighted by Gasteiger charge is 2.12. The van der Waals surface area contributed by atoms with Gasteiger partial charge in [0.25, 0.3) is 0 Å². The largest absolute Gasteiger partial charge is 0.466 e. The molecule has 0 bridgehead atoms. The van der Waals surface area contributed by atoms with Crippen molar-refractivity contribution in [3.05, 3.63) is 28.2 Å². The van der Waals surface area contributed by atoms with Gasteiger partial charge in [-0.05, 0) is 40.5 Å². The maximum atomic E-state index is 5.58. The number of hydrogen-bond donors (Lipinski definition) is 0. The van der Waals surface area contributed by atoms with Crippen molar-refractivity contribution < 1.29 is 9.47 Å². The van der Waals surface area contributed by atoms with Crippen molar-refractivity contribution in [2.75, 3.05) is 13.4 Å². The molecule has 0 saturated carbocycles. The maximum Gasteiger partial charge on any atom is 0.189 e. The number of ether oxygens (including phenoxy) is 2. The van der Waals surface area contributed by atoms with Gasteiger partial charge >= 0.3 is 0 Å². The zero-order valence-corrected chi connectivity index (χ0v) is 13.6. The van der Waals surface area contributed by atoms with Crippen molar-refractivity contribution in [3.63, 3.8) is 0 Å². The molecule has 0 spiro atoms. The quantitative estimate of drug-likeness (QED) is 0.438. The summed E-state index contributed by atoms with van der Waals surface area (Å²) in [6.45, 7) is 10.2. The van der Waals surface area contributed by atoms with Gasteiger partial charge in [-0.2, -0.15) is 0 Å². The van der Waals surface area contributed by atoms with Crippen LogP contribution in [0.4, 0.5) is 0 Å². The molecule has 2 nitrogen and oxygen atoms in total. The van der Waals surface area contributed by atoms with Crippen LogP contribution in [0.3, 0.4) is 0 Å². The minimum atomic E-state index is -0.996. The van der Waals surface area contributed by atoms with E-state index in [9.17, 15) is 0 Å². The molecule has 0 aliphatic carbocycles. The Kier molecular flexibility index (Phi) is 5.69. The Hall–Kier alpha value is -0.323. The average molecular weight is 317 g/mol. The lowest BCUT2D eigenvalue weighted by atomic mass is 10.2. The molecular formula is C13H21BrO2Si. The van der Waals surface area contributed by atoms with Crippen molar-refractivity contribution in [1.29, 1.82) is 0 Å². The maximum absolute atomic E-state index is 5.58. The first-order valence-electron chi connectivity index (χ1n) is 5.86. The minimum Gasteiger partial charge on any atom is -0.466 e. The van der Waals surface area contributed by atoms with E-state index in [0.717, 1.165) is 16.8 Å². The molecule has 4 heteroatoms. The summed E-state index contributed by atoms with van der Waals surface area (Å²) in [6.07, 6.45) is 0. The smallest absolute Gasteiger partial charge is 0.189 e. The summed E-state index contributed by atoms with van der Waals surface area (Å²) in [5.74, 6) is 0.845. The fourth-order valence-corrected chi connectivity index (χ4v) is 2.41. The summed E-state index contributed by atoms with van der Waals surface area (Å²) >= 11 is 3.51. The molecular weight excluding hydrogens is 296 g/mol. The third kappa shape index (κ3) is 5.70. The van der Waals surface area contributed by atoms with E-state index in [0.29, 0.717) is 6.79 Å². The van der Waals surface area contributed by atoms with Crippen molar-refractivity contribution in [2.45, 2.75) is 32.6 Å². The van der Waals surface area contributed by atoms with E-state index in [1.807, 2.05) is 25.1 Å². The lowest BCUT2D eigenvalue weighted by Gasteiger charge is -2.16. The van der Waals surface area contributed by atoms with Crippen LogP contribution in [0.25, 0.3) is 0 Å². The highest BCUT2D eigenvalue weighted by atomic mass is 79.9. The van der Waals surface area contributed by atoms with E-state index >= 15 is 0 Å². The summed E-state index contributed by atoms with van der Waals surface area (Å²) in [6, 6.07) is 7.14. The van der Waals surface area contributed by atoms with Crippen LogP contribution in [0.1, 0.15) is 5.56 Å². The van der Waals surface area contributed by atoms with Crippen LogP contribution in [0, 0.1) is 6.92 Å². The third-order valence-electron chi connectivity index (χ3n) is 2.45. The highest BCUT2D eigenvalue weighted by Crippen LogP contribution is 2.27. The van der Waals surface area contributed by atoms with Gasteiger partial charge in [-0.15, -0.1) is 0 Å². The highest BCUT2D eigenvalue weighted by molar-refractivity contribution is 9.10. The Morgan fingerprint density at radius 2 is 1.94 bits per heavy atom. The van der Waals surface area contributed by atoms with Gasteiger partial charge in [-0.1, -0.05) is 31.8 Å². The van der Waals surface area contributed by atoms with Crippen molar-refractivity contribution in [3.8, 4) is 5.75 Å². The molecule has 17 heavy (non-hydrogen) atoms. The van der Waals surface area contributed by atoms with E-state index in [4.69, 9.17) is 9.47 Å². The summed E-state index contributed by atoms with van der Waals surface area (Å²) in [4.78, 5) is 0. The van der Waals surface area contributed by atoms with Crippen LogP contribution >= 0.6 is 15.9 Å². The van der Waals surface area contributed by atoms with Crippen LogP contribution < -0.4 is 4.74 Å². The van der Waals surface area contributed by atoms with Gasteiger partial charge in [0.15, 0.2) is 6.79 Å². The zero-order chi connectivity index (χ0) is 12.9. The summed E-state index contributed by atoms with van der Waals surface area (Å²) in [5.41, 5.74) is 1.17. The lowest BCUT2D eigenvalue weighted by molar-refractivity contribution is 0.0216. The topological polar surface area (TPSA) is 18.5 Å². The van der Waals surface area contributed by atoms with Gasteiger partial charge in [0.2, 0.25) is 0 Å². The number of aryl methyl sites for hydroxylation is 1. The van der Waals surface area contributed by atoms with Crippen LogP contribution in [0.5, 0.6) is 5.75 Å². The number of benzene rings is 1. The van der Waals surface area contributed by atoms with Crippen LogP contribution in [-0.2, 0) is 4.74 Å². The normalized spacial score (nSPS) is 11.6. The van der Waals surface area contributed by atoms with E-state index in [-0.39, 0.29) is 0 Å². The molecule has 96 valence electrons. The Morgan fingerprint density at radius 1 is 1.24 bits per heavy atom. The summed E-state index contributed by atoms with van der Waals surface area (Å²) in [7, 11) is -0.996. The molecule has 0 amide bonds. The molecule has 0 fully saturated rings. The van der Waals surface area contributed by atoms with Crippen molar-refractivity contribution >= 4 is 24.0 Å². The second kappa shape index (κ2) is 6.57. The van der Waals surface area contributed by atoms with Crippen LogP contribution in [-0.4, -0.2) is 21.5 Å². The fraction of sp³-hybridized carbons (Fsp3) is 0.538. The van der Waals surface area contributed by atoms with Gasteiger partial charge < -0.3 is 9.47 Å². The molecule has 0 aliphatic heterocycles. The molecule has 0 N–H and O–H groups in total. The predicted octanol–water partition coefficient (Wildman–Crippen LogP) is 4.45. The first-order valence-corrected chi connectivity index (χ1v) is 10.4. The Morgan fingerprint density at radius 3 is 2.59 bits per heavy atom. The molecule has 0 saturated heterocycles. The first kappa shape index (κ1) is 14.7. The first-order chi connectivity index (χ1) is 7.90. The molecule has 1 aromatic rings. The third-order valence-corrected chi connectivity index (χ3v) is 5.17. The molecule has 0 radical (unpaired) electrons. The van der Waals surface area contributed by atoms with Gasteiger partial charge in [0.05, 0.1) is 4.47 Å². The van der Waals surface area contributed by atoms with E-state index in [1.165, 1.54) is 11.6 Å². The molecule has 0 aromatic heterocycles. The average Bonchev–Trinajstić information content (AvgIpc) is 2.22. The van der Waals surface area contributed by atoms with E-state index in [2.05, 4.69) is 35.6 Å². The molecule has 0 atom stereocenters. The van der Waals surface area contributed by atoms with Crippen molar-refractivity contribution in [2.24, 2.45) is 0 Å². The Balaban J connectivity index is 2.29. The summed E-state index contributed by atoms with van der Waals surface area (Å²) in [5, 5.41) is 0. The summed E-state index contributed by atoms with van der Waals surface area (Å²) < 4.78 is 12.1. The van der Waals surface area contributed by atoms with Crippen LogP contribution in [0.2, 0.25) is 25.7 Å². The number of halogens is 1. The monoisotopic (exact) mass is 316 g/mol. The predicted molar refractivity (Wildman–Crippen MR) is 78.5 cm³/mol. The van der Waals surface area contributed by atoms with Gasteiger partial charge in [0, 0.05) is 14.7 Å². The standard InChI is InChI=1S/C13H21BrO2Si/c1-11-6-5-7-12(13(11)14)16-10-15-8-9-17(2,3)4/h5-7H,8-10H2,1-4H3. The van der Waals surface area contributed by atoms with Crippen molar-refractivity contribution in [1.82, 2.24) is 0 Å². The lowest BCUT2D eigenvalue weighted by Crippen LogP contribution is -2.22. The second-order valence-corrected chi connectivity index (χ2v) is 11.8. The molecule has 0 heterocycles. The minimum absolute atomic E-state index is 0.326. The zero-order valence-electron chi connectivity index (χ0n) is 11.0. The molecule has 0 unspecified atom stereocenters. The van der Waals surface area contributed by atoms with E-state index in [1.54, 1.807) is 0 Å². The second-order valence-electron chi connectivity index (χ2n) is 5.37. The van der Waals surface area contributed by atoms with Gasteiger partial charge in [0.1, 0.15) is 5.75 Å².